The van der Waals surface area contributed by atoms with Crippen molar-refractivity contribution in [2.45, 2.75) is 0 Å². The predicted molar refractivity (Wildman–Crippen MR) is 79.7 cm³/mol. The van der Waals surface area contributed by atoms with Crippen molar-refractivity contribution in [3.05, 3.63) is 47.8 Å². The van der Waals surface area contributed by atoms with Gasteiger partial charge >= 0.3 is 0 Å². The Hall–Kier alpha value is -3.02. The molecule has 2 aromatic carbocycles. The lowest BCUT2D eigenvalue weighted by molar-refractivity contribution is 0.174. The maximum atomic E-state index is 13.4. The van der Waals surface area contributed by atoms with E-state index in [-0.39, 0.29) is 18.5 Å². The topological polar surface area (TPSA) is 66.8 Å². The molecule has 0 radical (unpaired) electrons. The zero-order valence-corrected chi connectivity index (χ0v) is 11.3. The Bertz CT molecular complexity index is 902. The van der Waals surface area contributed by atoms with Crippen LogP contribution in [-0.2, 0) is 0 Å². The fourth-order valence-corrected chi connectivity index (χ4v) is 2.41. The average Bonchev–Trinajstić information content (AvgIpc) is 3.08. The molecule has 0 bridgehead atoms. The molecule has 5 nitrogen and oxygen atoms in total. The summed E-state index contributed by atoms with van der Waals surface area (Å²) in [6.45, 7) is 0.199. The molecule has 0 fully saturated rings. The quantitative estimate of drug-likeness (QED) is 0.712. The second kappa shape index (κ2) is 4.77. The van der Waals surface area contributed by atoms with Crippen LogP contribution in [0.15, 0.2) is 41.4 Å². The normalized spacial score (nSPS) is 13.3. The lowest BCUT2D eigenvalue weighted by atomic mass is 10.2. The van der Waals surface area contributed by atoms with Gasteiger partial charge in [-0.1, -0.05) is 0 Å². The van der Waals surface area contributed by atoms with Crippen molar-refractivity contribution in [3.63, 3.8) is 0 Å². The Morgan fingerprint density at radius 3 is 2.91 bits per heavy atom. The van der Waals surface area contributed by atoms with Crippen LogP contribution in [-0.4, -0.2) is 23.1 Å². The van der Waals surface area contributed by atoms with Gasteiger partial charge in [0.1, 0.15) is 5.82 Å². The van der Waals surface area contributed by atoms with E-state index < -0.39 is 0 Å². The maximum Gasteiger partial charge on any atom is 0.231 e. The van der Waals surface area contributed by atoms with Gasteiger partial charge in [0.2, 0.25) is 6.79 Å². The molecule has 1 aromatic heterocycles. The second-order valence-corrected chi connectivity index (χ2v) is 4.87. The summed E-state index contributed by atoms with van der Waals surface area (Å²) < 4.78 is 23.9. The van der Waals surface area contributed by atoms with Gasteiger partial charge in [-0.15, -0.1) is 0 Å². The molecule has 0 saturated heterocycles. The van der Waals surface area contributed by atoms with Crippen LogP contribution in [0.5, 0.6) is 17.4 Å². The number of aromatic hydroxyl groups is 1. The van der Waals surface area contributed by atoms with Gasteiger partial charge in [-0.25, -0.2) is 4.39 Å². The van der Waals surface area contributed by atoms with E-state index in [0.29, 0.717) is 33.7 Å². The fraction of sp³-hybridized carbons (Fsp3) is 0.0625. The number of halogens is 1. The summed E-state index contributed by atoms with van der Waals surface area (Å²) in [4.78, 5) is 7.09. The van der Waals surface area contributed by atoms with Crippen molar-refractivity contribution in [1.29, 1.82) is 0 Å². The number of aromatic nitrogens is 1. The number of fused-ring (bicyclic) bond motifs is 2. The summed E-state index contributed by atoms with van der Waals surface area (Å²) in [5.41, 5.74) is 1.73. The SMILES string of the molecule is Oc1[nH]c2ccc(F)cc2c1C=Nc1ccc2c(c1)OCO2. The molecule has 22 heavy (non-hydrogen) atoms. The first-order chi connectivity index (χ1) is 10.7. The summed E-state index contributed by atoms with van der Waals surface area (Å²) in [6, 6.07) is 9.54. The number of H-pyrrole nitrogens is 1. The van der Waals surface area contributed by atoms with Gasteiger partial charge in [0, 0.05) is 23.2 Å². The Kier molecular flexibility index (Phi) is 2.75. The lowest BCUT2D eigenvalue weighted by Gasteiger charge is -1.97. The van der Waals surface area contributed by atoms with Crippen LogP contribution >= 0.6 is 0 Å². The standard InChI is InChI=1S/C16H11FN2O3/c17-9-1-3-13-11(5-9)12(16(20)19-13)7-18-10-2-4-14-15(6-10)22-8-21-14/h1-7,19-20H,8H2. The summed E-state index contributed by atoms with van der Waals surface area (Å²) in [7, 11) is 0. The third kappa shape index (κ3) is 2.05. The van der Waals surface area contributed by atoms with Crippen molar-refractivity contribution < 1.29 is 19.0 Å². The summed E-state index contributed by atoms with van der Waals surface area (Å²) >= 11 is 0. The Labute approximate surface area is 124 Å². The largest absolute Gasteiger partial charge is 0.494 e. The molecule has 3 aromatic rings. The first kappa shape index (κ1) is 12.7. The number of hydrogen-bond donors (Lipinski definition) is 2. The molecular formula is C16H11FN2O3. The first-order valence-electron chi connectivity index (χ1n) is 6.64. The van der Waals surface area contributed by atoms with Gasteiger partial charge in [-0.2, -0.15) is 0 Å². The predicted octanol–water partition coefficient (Wildman–Crippen LogP) is 3.49. The van der Waals surface area contributed by atoms with Crippen LogP contribution in [0.3, 0.4) is 0 Å². The number of aliphatic imine (C=N–C) groups is 1. The molecule has 0 atom stereocenters. The highest BCUT2D eigenvalue weighted by Gasteiger charge is 2.13. The Morgan fingerprint density at radius 2 is 2.00 bits per heavy atom. The smallest absolute Gasteiger partial charge is 0.231 e. The first-order valence-corrected chi connectivity index (χ1v) is 6.64. The number of benzene rings is 2. The van der Waals surface area contributed by atoms with Crippen molar-refractivity contribution in [3.8, 4) is 17.4 Å². The second-order valence-electron chi connectivity index (χ2n) is 4.87. The van der Waals surface area contributed by atoms with Crippen LogP contribution in [0.25, 0.3) is 10.9 Å². The van der Waals surface area contributed by atoms with E-state index in [0.717, 1.165) is 0 Å². The molecular weight excluding hydrogens is 287 g/mol. The number of ether oxygens (including phenoxy) is 2. The zero-order valence-electron chi connectivity index (χ0n) is 11.3. The van der Waals surface area contributed by atoms with Crippen molar-refractivity contribution in [2.24, 2.45) is 4.99 Å². The van der Waals surface area contributed by atoms with E-state index >= 15 is 0 Å². The molecule has 110 valence electrons. The van der Waals surface area contributed by atoms with Crippen molar-refractivity contribution >= 4 is 22.8 Å². The van der Waals surface area contributed by atoms with Gasteiger partial charge in [-0.05, 0) is 30.3 Å². The van der Waals surface area contributed by atoms with E-state index in [1.807, 2.05) is 0 Å². The number of rotatable bonds is 2. The molecule has 2 heterocycles. The molecule has 4 rings (SSSR count). The zero-order chi connectivity index (χ0) is 15.1. The highest BCUT2D eigenvalue weighted by atomic mass is 19.1. The molecule has 0 aliphatic carbocycles. The van der Waals surface area contributed by atoms with Crippen LogP contribution in [0, 0.1) is 5.82 Å². The van der Waals surface area contributed by atoms with Crippen molar-refractivity contribution in [2.75, 3.05) is 6.79 Å². The number of hydrogen-bond acceptors (Lipinski definition) is 4. The number of nitrogens with zero attached hydrogens (tertiary/aromatic N) is 1. The van der Waals surface area contributed by atoms with Gasteiger partial charge in [0.25, 0.3) is 0 Å². The monoisotopic (exact) mass is 298 g/mol. The Balaban J connectivity index is 1.74. The molecule has 1 aliphatic heterocycles. The van der Waals surface area contributed by atoms with Crippen LogP contribution in [0.2, 0.25) is 0 Å². The minimum absolute atomic E-state index is 0.0508. The highest BCUT2D eigenvalue weighted by Crippen LogP contribution is 2.35. The minimum Gasteiger partial charge on any atom is -0.494 e. The van der Waals surface area contributed by atoms with E-state index in [1.165, 1.54) is 18.3 Å². The minimum atomic E-state index is -0.371. The van der Waals surface area contributed by atoms with E-state index in [1.54, 1.807) is 24.3 Å². The fourth-order valence-electron chi connectivity index (χ4n) is 2.41. The average molecular weight is 298 g/mol. The molecule has 0 spiro atoms. The summed E-state index contributed by atoms with van der Waals surface area (Å²) in [5, 5.41) is 10.5. The van der Waals surface area contributed by atoms with Gasteiger partial charge in [0.05, 0.1) is 11.3 Å². The van der Waals surface area contributed by atoms with Gasteiger partial charge < -0.3 is 19.6 Å². The van der Waals surface area contributed by atoms with Crippen LogP contribution in [0.4, 0.5) is 10.1 Å². The molecule has 0 saturated carbocycles. The van der Waals surface area contributed by atoms with Crippen LogP contribution < -0.4 is 9.47 Å². The van der Waals surface area contributed by atoms with Crippen molar-refractivity contribution in [1.82, 2.24) is 4.98 Å². The third-order valence-electron chi connectivity index (χ3n) is 3.48. The molecule has 0 unspecified atom stereocenters. The third-order valence-corrected chi connectivity index (χ3v) is 3.48. The molecule has 1 aliphatic rings. The molecule has 6 heteroatoms. The van der Waals surface area contributed by atoms with Gasteiger partial charge in [0.15, 0.2) is 17.4 Å². The summed E-state index contributed by atoms with van der Waals surface area (Å²) in [6.07, 6.45) is 1.49. The highest BCUT2D eigenvalue weighted by molar-refractivity contribution is 6.02. The number of aromatic amines is 1. The van der Waals surface area contributed by atoms with Crippen LogP contribution in [0.1, 0.15) is 5.56 Å². The molecule has 0 amide bonds. The lowest BCUT2D eigenvalue weighted by Crippen LogP contribution is -1.92. The van der Waals surface area contributed by atoms with E-state index in [2.05, 4.69) is 9.98 Å². The maximum absolute atomic E-state index is 13.4. The van der Waals surface area contributed by atoms with E-state index in [4.69, 9.17) is 9.47 Å². The Morgan fingerprint density at radius 1 is 1.14 bits per heavy atom. The van der Waals surface area contributed by atoms with Gasteiger partial charge in [-0.3, -0.25) is 4.99 Å². The molecule has 2 N–H and O–H groups in total. The van der Waals surface area contributed by atoms with E-state index in [9.17, 15) is 9.50 Å². The number of nitrogens with one attached hydrogen (secondary N) is 1. The summed E-state index contributed by atoms with van der Waals surface area (Å²) in [5.74, 6) is 0.883.